The number of hydrogen-bond acceptors (Lipinski definition) is 2. The SMILES string of the molecule is Cc1cc(Oc2ccc(C(=O)O)c(C)c2)ccc1F. The van der Waals surface area contributed by atoms with Gasteiger partial charge in [0, 0.05) is 0 Å². The molecule has 2 aromatic carbocycles. The maximum Gasteiger partial charge on any atom is 0.335 e. The summed E-state index contributed by atoms with van der Waals surface area (Å²) in [4.78, 5) is 10.9. The van der Waals surface area contributed by atoms with E-state index in [0.717, 1.165) is 0 Å². The molecule has 0 saturated carbocycles. The van der Waals surface area contributed by atoms with Crippen LogP contribution >= 0.6 is 0 Å². The topological polar surface area (TPSA) is 46.5 Å². The lowest BCUT2D eigenvalue weighted by molar-refractivity contribution is 0.0696. The third-order valence-corrected chi connectivity index (χ3v) is 2.79. The second kappa shape index (κ2) is 5.10. The van der Waals surface area contributed by atoms with Gasteiger partial charge < -0.3 is 9.84 Å². The van der Waals surface area contributed by atoms with Crippen LogP contribution < -0.4 is 4.74 Å². The Hall–Kier alpha value is -2.36. The van der Waals surface area contributed by atoms with Crippen molar-refractivity contribution in [3.05, 3.63) is 58.9 Å². The molecule has 3 nitrogen and oxygen atoms in total. The maximum atomic E-state index is 13.1. The van der Waals surface area contributed by atoms with Crippen molar-refractivity contribution in [3.8, 4) is 11.5 Å². The summed E-state index contributed by atoms with van der Waals surface area (Å²) in [6.07, 6.45) is 0. The molecule has 0 radical (unpaired) electrons. The molecule has 0 atom stereocenters. The third-order valence-electron chi connectivity index (χ3n) is 2.79. The highest BCUT2D eigenvalue weighted by molar-refractivity contribution is 5.89. The van der Waals surface area contributed by atoms with Gasteiger partial charge in [0.2, 0.25) is 0 Å². The van der Waals surface area contributed by atoms with E-state index in [0.29, 0.717) is 22.6 Å². The van der Waals surface area contributed by atoms with Gasteiger partial charge in [-0.25, -0.2) is 9.18 Å². The van der Waals surface area contributed by atoms with Gasteiger partial charge in [-0.1, -0.05) is 0 Å². The fraction of sp³-hybridized carbons (Fsp3) is 0.133. The Labute approximate surface area is 110 Å². The van der Waals surface area contributed by atoms with E-state index in [1.165, 1.54) is 18.2 Å². The number of aromatic carboxylic acids is 1. The molecule has 0 amide bonds. The average Bonchev–Trinajstić information content (AvgIpc) is 2.33. The minimum atomic E-state index is -0.971. The minimum absolute atomic E-state index is 0.239. The fourth-order valence-electron chi connectivity index (χ4n) is 1.76. The Kier molecular flexibility index (Phi) is 3.51. The largest absolute Gasteiger partial charge is 0.478 e. The normalized spacial score (nSPS) is 10.3. The van der Waals surface area contributed by atoms with Crippen LogP contribution in [0.3, 0.4) is 0 Å². The number of benzene rings is 2. The van der Waals surface area contributed by atoms with E-state index in [2.05, 4.69) is 0 Å². The second-order valence-electron chi connectivity index (χ2n) is 4.29. The number of rotatable bonds is 3. The monoisotopic (exact) mass is 260 g/mol. The summed E-state index contributed by atoms with van der Waals surface area (Å²) in [6.45, 7) is 3.35. The Morgan fingerprint density at radius 3 is 2.16 bits per heavy atom. The highest BCUT2D eigenvalue weighted by atomic mass is 19.1. The first-order valence-electron chi connectivity index (χ1n) is 5.75. The molecule has 0 aliphatic rings. The summed E-state index contributed by atoms with van der Waals surface area (Å²) in [7, 11) is 0. The number of carbonyl (C=O) groups is 1. The van der Waals surface area contributed by atoms with E-state index < -0.39 is 5.97 Å². The van der Waals surface area contributed by atoms with E-state index >= 15 is 0 Å². The van der Waals surface area contributed by atoms with Crippen molar-refractivity contribution in [3.63, 3.8) is 0 Å². The maximum absolute atomic E-state index is 13.1. The van der Waals surface area contributed by atoms with Gasteiger partial charge in [0.25, 0.3) is 0 Å². The molecule has 0 heterocycles. The first-order chi connectivity index (χ1) is 8.97. The standard InChI is InChI=1S/C15H13FO3/c1-9-7-11(3-5-13(9)15(17)18)19-12-4-6-14(16)10(2)8-12/h3-8H,1-2H3,(H,17,18). The van der Waals surface area contributed by atoms with Gasteiger partial charge in [-0.3, -0.25) is 0 Å². The van der Waals surface area contributed by atoms with Crippen molar-refractivity contribution in [2.75, 3.05) is 0 Å². The number of halogens is 1. The molecule has 0 bridgehead atoms. The van der Waals surface area contributed by atoms with Gasteiger partial charge in [-0.15, -0.1) is 0 Å². The Bertz CT molecular complexity index is 635. The molecule has 1 N–H and O–H groups in total. The fourth-order valence-corrected chi connectivity index (χ4v) is 1.76. The van der Waals surface area contributed by atoms with Crippen molar-refractivity contribution < 1.29 is 19.0 Å². The zero-order valence-corrected chi connectivity index (χ0v) is 10.6. The average molecular weight is 260 g/mol. The van der Waals surface area contributed by atoms with Crippen molar-refractivity contribution in [1.82, 2.24) is 0 Å². The quantitative estimate of drug-likeness (QED) is 0.909. The van der Waals surface area contributed by atoms with E-state index in [1.54, 1.807) is 32.0 Å². The van der Waals surface area contributed by atoms with Gasteiger partial charge >= 0.3 is 5.97 Å². The highest BCUT2D eigenvalue weighted by Crippen LogP contribution is 2.25. The third kappa shape index (κ3) is 2.91. The molecular formula is C15H13FO3. The Morgan fingerprint density at radius 1 is 1.05 bits per heavy atom. The zero-order chi connectivity index (χ0) is 14.0. The number of hydrogen-bond donors (Lipinski definition) is 1. The molecule has 0 aliphatic carbocycles. The van der Waals surface area contributed by atoms with E-state index in [1.807, 2.05) is 0 Å². The van der Waals surface area contributed by atoms with Crippen LogP contribution in [0.1, 0.15) is 21.5 Å². The van der Waals surface area contributed by atoms with Crippen molar-refractivity contribution in [1.29, 1.82) is 0 Å². The van der Waals surface area contributed by atoms with Gasteiger partial charge in [0.05, 0.1) is 5.56 Å². The lowest BCUT2D eigenvalue weighted by Gasteiger charge is -2.09. The number of carboxylic acids is 1. The zero-order valence-electron chi connectivity index (χ0n) is 10.6. The smallest absolute Gasteiger partial charge is 0.335 e. The summed E-state index contributed by atoms with van der Waals surface area (Å²) in [5, 5.41) is 8.93. The number of carboxylic acid groups (broad SMARTS) is 1. The Morgan fingerprint density at radius 2 is 1.63 bits per heavy atom. The van der Waals surface area contributed by atoms with Crippen LogP contribution in [0.15, 0.2) is 36.4 Å². The molecule has 0 aliphatic heterocycles. The van der Waals surface area contributed by atoms with Crippen molar-refractivity contribution in [2.45, 2.75) is 13.8 Å². The van der Waals surface area contributed by atoms with Crippen LogP contribution in [-0.2, 0) is 0 Å². The van der Waals surface area contributed by atoms with Crippen molar-refractivity contribution in [2.24, 2.45) is 0 Å². The van der Waals surface area contributed by atoms with Crippen LogP contribution in [0.4, 0.5) is 4.39 Å². The molecule has 0 fully saturated rings. The first-order valence-corrected chi connectivity index (χ1v) is 5.75. The van der Waals surface area contributed by atoms with Gasteiger partial charge in [0.15, 0.2) is 0 Å². The predicted octanol–water partition coefficient (Wildman–Crippen LogP) is 3.93. The first kappa shape index (κ1) is 13.1. The molecular weight excluding hydrogens is 247 g/mol. The summed E-state index contributed by atoms with van der Waals surface area (Å²) in [5.41, 5.74) is 1.35. The lowest BCUT2D eigenvalue weighted by atomic mass is 10.1. The highest BCUT2D eigenvalue weighted by Gasteiger charge is 2.08. The van der Waals surface area contributed by atoms with Gasteiger partial charge in [-0.2, -0.15) is 0 Å². The summed E-state index contributed by atoms with van der Waals surface area (Å²) in [5.74, 6) is -0.221. The number of ether oxygens (including phenoxy) is 1. The Balaban J connectivity index is 2.26. The van der Waals surface area contributed by atoms with Crippen LogP contribution in [0, 0.1) is 19.7 Å². The summed E-state index contributed by atoms with van der Waals surface area (Å²) >= 11 is 0. The lowest BCUT2D eigenvalue weighted by Crippen LogP contribution is -1.99. The summed E-state index contributed by atoms with van der Waals surface area (Å²) in [6, 6.07) is 9.17. The second-order valence-corrected chi connectivity index (χ2v) is 4.29. The van der Waals surface area contributed by atoms with Crippen LogP contribution in [-0.4, -0.2) is 11.1 Å². The summed E-state index contributed by atoms with van der Waals surface area (Å²) < 4.78 is 18.7. The molecule has 0 aromatic heterocycles. The van der Waals surface area contributed by atoms with E-state index in [4.69, 9.17) is 9.84 Å². The van der Waals surface area contributed by atoms with Gasteiger partial charge in [-0.05, 0) is 61.4 Å². The van der Waals surface area contributed by atoms with E-state index in [-0.39, 0.29) is 11.4 Å². The molecule has 19 heavy (non-hydrogen) atoms. The van der Waals surface area contributed by atoms with Crippen LogP contribution in [0.5, 0.6) is 11.5 Å². The molecule has 4 heteroatoms. The minimum Gasteiger partial charge on any atom is -0.478 e. The molecule has 98 valence electrons. The van der Waals surface area contributed by atoms with E-state index in [9.17, 15) is 9.18 Å². The molecule has 0 saturated heterocycles. The van der Waals surface area contributed by atoms with Crippen molar-refractivity contribution >= 4 is 5.97 Å². The molecule has 2 rings (SSSR count). The van der Waals surface area contributed by atoms with Gasteiger partial charge in [0.1, 0.15) is 17.3 Å². The molecule has 0 spiro atoms. The molecule has 2 aromatic rings. The molecule has 0 unspecified atom stereocenters. The number of aryl methyl sites for hydroxylation is 2. The van der Waals surface area contributed by atoms with Crippen LogP contribution in [0.25, 0.3) is 0 Å². The van der Waals surface area contributed by atoms with Crippen LogP contribution in [0.2, 0.25) is 0 Å². The predicted molar refractivity (Wildman–Crippen MR) is 69.3 cm³/mol.